The van der Waals surface area contributed by atoms with E-state index in [0.717, 1.165) is 26.9 Å². The van der Waals surface area contributed by atoms with Crippen molar-refractivity contribution >= 4 is 27.0 Å². The van der Waals surface area contributed by atoms with E-state index in [2.05, 4.69) is 49.7 Å². The Bertz CT molecular complexity index is 721. The Morgan fingerprint density at radius 2 is 2.00 bits per heavy atom. The number of aromatic nitrogens is 2. The number of H-pyrrole nitrogens is 1. The quantitative estimate of drug-likeness (QED) is 0.736. The number of fused-ring (bicyclic) bond motifs is 1. The standard InChI is InChI=1S/C15H13BrN2O/c1-19-10-18-14-8-3-2-7-13(14)17-15(18)11-5-4-6-12(16)9-11/h2-9H,10H2,1H3/p+1. The summed E-state index contributed by atoms with van der Waals surface area (Å²) in [5, 5.41) is 0. The third-order valence-corrected chi connectivity index (χ3v) is 3.57. The maximum absolute atomic E-state index is 5.32. The Labute approximate surface area is 120 Å². The van der Waals surface area contributed by atoms with Gasteiger partial charge in [-0.15, -0.1) is 0 Å². The zero-order valence-electron chi connectivity index (χ0n) is 10.6. The van der Waals surface area contributed by atoms with Crippen LogP contribution in [0.2, 0.25) is 0 Å². The third kappa shape index (κ3) is 2.29. The molecule has 3 rings (SSSR count). The van der Waals surface area contributed by atoms with Crippen LogP contribution < -0.4 is 4.57 Å². The number of methoxy groups -OCH3 is 1. The molecule has 0 bridgehead atoms. The van der Waals surface area contributed by atoms with Crippen molar-refractivity contribution in [3.63, 3.8) is 0 Å². The lowest BCUT2D eigenvalue weighted by atomic mass is 10.2. The zero-order chi connectivity index (χ0) is 13.2. The molecule has 0 aliphatic carbocycles. The van der Waals surface area contributed by atoms with Gasteiger partial charge in [-0.3, -0.25) is 0 Å². The van der Waals surface area contributed by atoms with Crippen LogP contribution >= 0.6 is 15.9 Å². The lowest BCUT2D eigenvalue weighted by molar-refractivity contribution is -0.697. The number of para-hydroxylation sites is 2. The van der Waals surface area contributed by atoms with Crippen molar-refractivity contribution in [1.82, 2.24) is 4.98 Å². The summed E-state index contributed by atoms with van der Waals surface area (Å²) >= 11 is 3.51. The van der Waals surface area contributed by atoms with Gasteiger partial charge in [0.15, 0.2) is 17.8 Å². The largest absolute Gasteiger partial charge is 0.345 e. The van der Waals surface area contributed by atoms with Crippen molar-refractivity contribution < 1.29 is 9.30 Å². The summed E-state index contributed by atoms with van der Waals surface area (Å²) < 4.78 is 8.52. The van der Waals surface area contributed by atoms with E-state index in [9.17, 15) is 0 Å². The van der Waals surface area contributed by atoms with Crippen LogP contribution in [0.15, 0.2) is 53.0 Å². The Morgan fingerprint density at radius 3 is 2.79 bits per heavy atom. The summed E-state index contributed by atoms with van der Waals surface area (Å²) in [7, 11) is 1.71. The van der Waals surface area contributed by atoms with Crippen LogP contribution in [0, 0.1) is 0 Å². The first-order chi connectivity index (χ1) is 9.29. The minimum atomic E-state index is 0.520. The van der Waals surface area contributed by atoms with Gasteiger partial charge in [0.2, 0.25) is 0 Å². The van der Waals surface area contributed by atoms with Crippen molar-refractivity contribution in [2.24, 2.45) is 0 Å². The molecule has 96 valence electrons. The lowest BCUT2D eigenvalue weighted by Crippen LogP contribution is -2.35. The summed E-state index contributed by atoms with van der Waals surface area (Å²) in [4.78, 5) is 3.45. The summed E-state index contributed by atoms with van der Waals surface area (Å²) in [6, 6.07) is 16.5. The summed E-state index contributed by atoms with van der Waals surface area (Å²) in [6.45, 7) is 0.520. The average Bonchev–Trinajstić information content (AvgIpc) is 2.79. The second-order valence-corrected chi connectivity index (χ2v) is 5.26. The highest BCUT2D eigenvalue weighted by Gasteiger charge is 2.19. The predicted molar refractivity (Wildman–Crippen MR) is 78.6 cm³/mol. The van der Waals surface area contributed by atoms with Gasteiger partial charge in [0.25, 0.3) is 5.82 Å². The smallest absolute Gasteiger partial charge is 0.289 e. The first-order valence-electron chi connectivity index (χ1n) is 6.05. The lowest BCUT2D eigenvalue weighted by Gasteiger charge is -2.01. The van der Waals surface area contributed by atoms with Gasteiger partial charge >= 0.3 is 0 Å². The highest BCUT2D eigenvalue weighted by molar-refractivity contribution is 9.10. The second-order valence-electron chi connectivity index (χ2n) is 4.35. The Kier molecular flexibility index (Phi) is 3.36. The van der Waals surface area contributed by atoms with E-state index >= 15 is 0 Å². The molecular formula is C15H14BrN2O+. The molecule has 3 nitrogen and oxygen atoms in total. The van der Waals surface area contributed by atoms with Crippen LogP contribution in [-0.4, -0.2) is 12.1 Å². The van der Waals surface area contributed by atoms with E-state index < -0.39 is 0 Å². The fourth-order valence-corrected chi connectivity index (χ4v) is 2.66. The molecule has 0 saturated carbocycles. The van der Waals surface area contributed by atoms with Gasteiger partial charge < -0.3 is 4.74 Å². The van der Waals surface area contributed by atoms with Crippen molar-refractivity contribution in [1.29, 1.82) is 0 Å². The molecule has 0 fully saturated rings. The normalized spacial score (nSPS) is 11.1. The maximum Gasteiger partial charge on any atom is 0.289 e. The molecule has 0 atom stereocenters. The molecule has 0 radical (unpaired) electrons. The van der Waals surface area contributed by atoms with Crippen LogP contribution in [0.1, 0.15) is 0 Å². The molecule has 19 heavy (non-hydrogen) atoms. The van der Waals surface area contributed by atoms with Gasteiger partial charge in [0.05, 0.1) is 5.56 Å². The van der Waals surface area contributed by atoms with Gasteiger partial charge in [0.1, 0.15) is 0 Å². The number of hydrogen-bond donors (Lipinski definition) is 1. The number of nitrogens with one attached hydrogen (secondary N) is 1. The number of aromatic amines is 1. The number of rotatable bonds is 3. The van der Waals surface area contributed by atoms with Crippen molar-refractivity contribution in [3.8, 4) is 11.4 Å². The van der Waals surface area contributed by atoms with Crippen molar-refractivity contribution in [2.75, 3.05) is 7.11 Å². The SMILES string of the molecule is COC[n+]1c(-c2cccc(Br)c2)[nH]c2ccccc21. The van der Waals surface area contributed by atoms with E-state index in [1.165, 1.54) is 0 Å². The third-order valence-electron chi connectivity index (χ3n) is 3.07. The zero-order valence-corrected chi connectivity index (χ0v) is 12.1. The molecular weight excluding hydrogens is 304 g/mol. The molecule has 0 spiro atoms. The molecule has 4 heteroatoms. The minimum absolute atomic E-state index is 0.520. The first-order valence-corrected chi connectivity index (χ1v) is 6.84. The molecule has 0 aliphatic rings. The van der Waals surface area contributed by atoms with E-state index in [-0.39, 0.29) is 0 Å². The molecule has 1 N–H and O–H groups in total. The summed E-state index contributed by atoms with van der Waals surface area (Å²) in [5.74, 6) is 1.05. The molecule has 1 heterocycles. The topological polar surface area (TPSA) is 28.9 Å². The highest BCUT2D eigenvalue weighted by Crippen LogP contribution is 2.22. The molecule has 0 aliphatic heterocycles. The van der Waals surface area contributed by atoms with Crippen LogP contribution in [0.4, 0.5) is 0 Å². The number of nitrogens with zero attached hydrogens (tertiary/aromatic N) is 1. The molecule has 0 saturated heterocycles. The Balaban J connectivity index is 2.25. The van der Waals surface area contributed by atoms with Crippen LogP contribution in [-0.2, 0) is 11.5 Å². The highest BCUT2D eigenvalue weighted by atomic mass is 79.9. The molecule has 2 aromatic carbocycles. The summed E-state index contributed by atoms with van der Waals surface area (Å²) in [6.07, 6.45) is 0. The minimum Gasteiger partial charge on any atom is -0.345 e. The van der Waals surface area contributed by atoms with E-state index in [4.69, 9.17) is 4.74 Å². The Morgan fingerprint density at radius 1 is 1.16 bits per heavy atom. The predicted octanol–water partition coefficient (Wildman–Crippen LogP) is 3.49. The number of halogens is 1. The first kappa shape index (κ1) is 12.4. The fourth-order valence-electron chi connectivity index (χ4n) is 2.26. The van der Waals surface area contributed by atoms with Gasteiger partial charge in [-0.2, -0.15) is 4.57 Å². The molecule has 0 amide bonds. The van der Waals surface area contributed by atoms with E-state index in [1.807, 2.05) is 24.3 Å². The molecule has 3 aromatic rings. The second kappa shape index (κ2) is 5.15. The van der Waals surface area contributed by atoms with Crippen molar-refractivity contribution in [3.05, 3.63) is 53.0 Å². The Hall–Kier alpha value is -1.65. The van der Waals surface area contributed by atoms with E-state index in [0.29, 0.717) is 6.73 Å². The number of ether oxygens (including phenoxy) is 1. The fraction of sp³-hybridized carbons (Fsp3) is 0.133. The maximum atomic E-state index is 5.32. The van der Waals surface area contributed by atoms with E-state index in [1.54, 1.807) is 7.11 Å². The molecule has 0 unspecified atom stereocenters. The van der Waals surface area contributed by atoms with Crippen LogP contribution in [0.3, 0.4) is 0 Å². The number of benzene rings is 2. The summed E-state index contributed by atoms with van der Waals surface area (Å²) in [5.41, 5.74) is 3.37. The van der Waals surface area contributed by atoms with Gasteiger partial charge in [-0.05, 0) is 30.3 Å². The monoisotopic (exact) mass is 317 g/mol. The average molecular weight is 318 g/mol. The van der Waals surface area contributed by atoms with Gasteiger partial charge in [0, 0.05) is 11.6 Å². The van der Waals surface area contributed by atoms with Crippen LogP contribution in [0.25, 0.3) is 22.4 Å². The van der Waals surface area contributed by atoms with Crippen molar-refractivity contribution in [2.45, 2.75) is 6.73 Å². The number of imidazole rings is 1. The van der Waals surface area contributed by atoms with Gasteiger partial charge in [-0.1, -0.05) is 34.1 Å². The number of hydrogen-bond acceptors (Lipinski definition) is 1. The molecule has 1 aromatic heterocycles. The van der Waals surface area contributed by atoms with Gasteiger partial charge in [-0.25, -0.2) is 4.98 Å². The van der Waals surface area contributed by atoms with Crippen LogP contribution in [0.5, 0.6) is 0 Å².